The third-order valence-electron chi connectivity index (χ3n) is 3.55. The van der Waals surface area contributed by atoms with Crippen molar-refractivity contribution in [2.75, 3.05) is 6.61 Å². The van der Waals surface area contributed by atoms with Gasteiger partial charge in [-0.3, -0.25) is 0 Å². The number of benzene rings is 1. The maximum absolute atomic E-state index is 13.2. The molecule has 0 unspecified atom stereocenters. The number of aromatic hydroxyl groups is 1. The van der Waals surface area contributed by atoms with Crippen LogP contribution in [0, 0.1) is 11.7 Å². The Labute approximate surface area is 94.7 Å². The van der Waals surface area contributed by atoms with Gasteiger partial charge in [0.2, 0.25) is 0 Å². The zero-order chi connectivity index (χ0) is 11.5. The first-order valence-electron chi connectivity index (χ1n) is 5.80. The first-order valence-corrected chi connectivity index (χ1v) is 5.80. The highest BCUT2D eigenvalue weighted by molar-refractivity contribution is 5.30. The molecule has 0 aromatic heterocycles. The molecule has 2 nitrogen and oxygen atoms in total. The van der Waals surface area contributed by atoms with Gasteiger partial charge in [-0.05, 0) is 55.2 Å². The lowest BCUT2D eigenvalue weighted by atomic mass is 9.79. The van der Waals surface area contributed by atoms with E-state index in [-0.39, 0.29) is 12.4 Å². The van der Waals surface area contributed by atoms with E-state index in [1.807, 2.05) is 0 Å². The van der Waals surface area contributed by atoms with E-state index in [2.05, 4.69) is 0 Å². The van der Waals surface area contributed by atoms with Crippen LogP contribution in [-0.4, -0.2) is 16.8 Å². The Morgan fingerprint density at radius 1 is 1.19 bits per heavy atom. The van der Waals surface area contributed by atoms with Crippen molar-refractivity contribution in [3.63, 3.8) is 0 Å². The van der Waals surface area contributed by atoms with Crippen LogP contribution in [0.15, 0.2) is 18.2 Å². The van der Waals surface area contributed by atoms with Gasteiger partial charge in [0.05, 0.1) is 0 Å². The molecule has 1 aliphatic rings. The Morgan fingerprint density at radius 3 is 2.44 bits per heavy atom. The van der Waals surface area contributed by atoms with E-state index in [1.54, 1.807) is 6.07 Å². The molecule has 0 spiro atoms. The lowest BCUT2D eigenvalue weighted by Crippen LogP contribution is -2.16. The minimum atomic E-state index is -0.540. The fraction of sp³-hybridized carbons (Fsp3) is 0.538. The number of aliphatic hydroxyl groups excluding tert-OH is 1. The molecular formula is C13H17FO2. The summed E-state index contributed by atoms with van der Waals surface area (Å²) in [4.78, 5) is 0. The Bertz CT molecular complexity index is 357. The van der Waals surface area contributed by atoms with Gasteiger partial charge < -0.3 is 10.2 Å². The SMILES string of the molecule is OCC1CCC(c2ccc(O)c(F)c2)CC1. The zero-order valence-corrected chi connectivity index (χ0v) is 9.19. The normalized spacial score (nSPS) is 25.6. The average molecular weight is 224 g/mol. The number of phenols is 1. The molecule has 0 saturated heterocycles. The van der Waals surface area contributed by atoms with Crippen molar-refractivity contribution in [2.45, 2.75) is 31.6 Å². The summed E-state index contributed by atoms with van der Waals surface area (Å²) in [5.74, 6) is -0.0364. The second-order valence-electron chi connectivity index (χ2n) is 4.61. The van der Waals surface area contributed by atoms with Gasteiger partial charge in [0.1, 0.15) is 0 Å². The van der Waals surface area contributed by atoms with Crippen LogP contribution >= 0.6 is 0 Å². The summed E-state index contributed by atoms with van der Waals surface area (Å²) in [5, 5.41) is 18.1. The summed E-state index contributed by atoms with van der Waals surface area (Å²) < 4.78 is 13.2. The molecule has 3 heteroatoms. The largest absolute Gasteiger partial charge is 0.505 e. The molecule has 1 aromatic rings. The highest BCUT2D eigenvalue weighted by Gasteiger charge is 2.22. The highest BCUT2D eigenvalue weighted by atomic mass is 19.1. The summed E-state index contributed by atoms with van der Waals surface area (Å²) >= 11 is 0. The van der Waals surface area contributed by atoms with Gasteiger partial charge in [-0.25, -0.2) is 4.39 Å². The fourth-order valence-corrected chi connectivity index (χ4v) is 2.46. The number of hydrogen-bond donors (Lipinski definition) is 2. The third-order valence-corrected chi connectivity index (χ3v) is 3.55. The highest BCUT2D eigenvalue weighted by Crippen LogP contribution is 2.36. The molecule has 0 radical (unpaired) electrons. The smallest absolute Gasteiger partial charge is 0.165 e. The summed E-state index contributed by atoms with van der Waals surface area (Å²) in [7, 11) is 0. The van der Waals surface area contributed by atoms with E-state index >= 15 is 0 Å². The lowest BCUT2D eigenvalue weighted by molar-refractivity contribution is 0.182. The van der Waals surface area contributed by atoms with Gasteiger partial charge in [-0.1, -0.05) is 6.07 Å². The van der Waals surface area contributed by atoms with Crippen molar-refractivity contribution in [2.24, 2.45) is 5.92 Å². The van der Waals surface area contributed by atoms with Gasteiger partial charge in [0.25, 0.3) is 0 Å². The maximum atomic E-state index is 13.2. The standard InChI is InChI=1S/C13H17FO2/c14-12-7-11(5-6-13(12)16)10-3-1-9(8-15)2-4-10/h5-7,9-10,15-16H,1-4,8H2. The second kappa shape index (κ2) is 4.83. The third kappa shape index (κ3) is 2.35. The molecule has 1 fully saturated rings. The number of phenolic OH excluding ortho intramolecular Hbond substituents is 1. The van der Waals surface area contributed by atoms with Gasteiger partial charge in [0.15, 0.2) is 11.6 Å². The van der Waals surface area contributed by atoms with Crippen molar-refractivity contribution in [1.29, 1.82) is 0 Å². The summed E-state index contributed by atoms with van der Waals surface area (Å²) in [6.07, 6.45) is 4.00. The van der Waals surface area contributed by atoms with E-state index in [0.717, 1.165) is 31.2 Å². The topological polar surface area (TPSA) is 40.5 Å². The van der Waals surface area contributed by atoms with E-state index in [4.69, 9.17) is 10.2 Å². The second-order valence-corrected chi connectivity index (χ2v) is 4.61. The molecule has 1 aromatic carbocycles. The molecule has 88 valence electrons. The molecular weight excluding hydrogens is 207 g/mol. The van der Waals surface area contributed by atoms with E-state index in [9.17, 15) is 4.39 Å². The van der Waals surface area contributed by atoms with Crippen molar-refractivity contribution < 1.29 is 14.6 Å². The van der Waals surface area contributed by atoms with Crippen LogP contribution in [0.1, 0.15) is 37.2 Å². The summed E-state index contributed by atoms with van der Waals surface area (Å²) in [6.45, 7) is 0.261. The van der Waals surface area contributed by atoms with E-state index in [0.29, 0.717) is 11.8 Å². The molecule has 1 saturated carbocycles. The molecule has 0 aliphatic heterocycles. The fourth-order valence-electron chi connectivity index (χ4n) is 2.46. The molecule has 2 rings (SSSR count). The number of halogens is 1. The predicted octanol–water partition coefficient (Wildman–Crippen LogP) is 2.80. The van der Waals surface area contributed by atoms with Crippen LogP contribution in [0.3, 0.4) is 0 Å². The van der Waals surface area contributed by atoms with E-state index in [1.165, 1.54) is 12.1 Å². The monoisotopic (exact) mass is 224 g/mol. The van der Waals surface area contributed by atoms with Crippen LogP contribution in [-0.2, 0) is 0 Å². The molecule has 16 heavy (non-hydrogen) atoms. The van der Waals surface area contributed by atoms with Crippen LogP contribution < -0.4 is 0 Å². The van der Waals surface area contributed by atoms with Gasteiger partial charge in [0, 0.05) is 6.61 Å². The summed E-state index contributed by atoms with van der Waals surface area (Å²) in [6, 6.07) is 4.64. The Hall–Kier alpha value is -1.09. The van der Waals surface area contributed by atoms with Gasteiger partial charge >= 0.3 is 0 Å². The van der Waals surface area contributed by atoms with Crippen LogP contribution in [0.4, 0.5) is 4.39 Å². The zero-order valence-electron chi connectivity index (χ0n) is 9.19. The molecule has 0 heterocycles. The molecule has 1 aliphatic carbocycles. The molecule has 0 bridgehead atoms. The van der Waals surface area contributed by atoms with E-state index < -0.39 is 5.82 Å². The van der Waals surface area contributed by atoms with Crippen molar-refractivity contribution >= 4 is 0 Å². The predicted molar refractivity (Wildman–Crippen MR) is 59.8 cm³/mol. The Balaban J connectivity index is 2.05. The first kappa shape index (κ1) is 11.4. The van der Waals surface area contributed by atoms with Gasteiger partial charge in [-0.2, -0.15) is 0 Å². The van der Waals surface area contributed by atoms with Crippen molar-refractivity contribution in [1.82, 2.24) is 0 Å². The maximum Gasteiger partial charge on any atom is 0.165 e. The molecule has 2 N–H and O–H groups in total. The number of rotatable bonds is 2. The summed E-state index contributed by atoms with van der Waals surface area (Å²) in [5.41, 5.74) is 0.965. The lowest BCUT2D eigenvalue weighted by Gasteiger charge is -2.27. The average Bonchev–Trinajstić information content (AvgIpc) is 2.33. The van der Waals surface area contributed by atoms with Crippen LogP contribution in [0.25, 0.3) is 0 Å². The molecule has 0 atom stereocenters. The quantitative estimate of drug-likeness (QED) is 0.811. The Kier molecular flexibility index (Phi) is 3.44. The number of hydrogen-bond acceptors (Lipinski definition) is 2. The first-order chi connectivity index (χ1) is 7.70. The number of aliphatic hydroxyl groups is 1. The van der Waals surface area contributed by atoms with Crippen LogP contribution in [0.5, 0.6) is 5.75 Å². The minimum absolute atomic E-state index is 0.261. The van der Waals surface area contributed by atoms with Crippen molar-refractivity contribution in [3.05, 3.63) is 29.6 Å². The minimum Gasteiger partial charge on any atom is -0.505 e. The van der Waals surface area contributed by atoms with Gasteiger partial charge in [-0.15, -0.1) is 0 Å². The van der Waals surface area contributed by atoms with Crippen LogP contribution in [0.2, 0.25) is 0 Å². The van der Waals surface area contributed by atoms with Crippen molar-refractivity contribution in [3.8, 4) is 5.75 Å². The Morgan fingerprint density at radius 2 is 1.88 bits per heavy atom. The molecule has 0 amide bonds.